The molecule has 0 aromatic heterocycles. The zero-order chi connectivity index (χ0) is 23.1. The van der Waals surface area contributed by atoms with Gasteiger partial charge in [-0.15, -0.1) is 0 Å². The first-order valence-electron chi connectivity index (χ1n) is 10.8. The molecule has 0 radical (unpaired) electrons. The molecule has 2 aromatic carbocycles. The number of carbonyl (C=O) groups is 2. The van der Waals surface area contributed by atoms with Crippen molar-refractivity contribution in [2.75, 3.05) is 6.61 Å². The van der Waals surface area contributed by atoms with Crippen LogP contribution >= 0.6 is 23.2 Å². The quantitative estimate of drug-likeness (QED) is 0.551. The van der Waals surface area contributed by atoms with Crippen molar-refractivity contribution < 1.29 is 18.7 Å². The second kappa shape index (κ2) is 11.5. The van der Waals surface area contributed by atoms with Crippen LogP contribution in [0.3, 0.4) is 0 Å². The zero-order valence-electron chi connectivity index (χ0n) is 18.0. The van der Waals surface area contributed by atoms with Crippen molar-refractivity contribution in [3.05, 3.63) is 63.9 Å². The number of carbonyl (C=O) groups excluding carboxylic acids is 2. The maximum absolute atomic E-state index is 14.3. The number of rotatable bonds is 8. The van der Waals surface area contributed by atoms with Gasteiger partial charge in [0, 0.05) is 23.2 Å². The van der Waals surface area contributed by atoms with Gasteiger partial charge >= 0.3 is 0 Å². The van der Waals surface area contributed by atoms with Gasteiger partial charge in [0.1, 0.15) is 17.6 Å². The monoisotopic (exact) mass is 480 g/mol. The van der Waals surface area contributed by atoms with E-state index in [9.17, 15) is 14.0 Å². The van der Waals surface area contributed by atoms with Gasteiger partial charge in [-0.3, -0.25) is 9.59 Å². The van der Waals surface area contributed by atoms with Crippen LogP contribution in [0.25, 0.3) is 0 Å². The zero-order valence-corrected chi connectivity index (χ0v) is 19.5. The van der Waals surface area contributed by atoms with Gasteiger partial charge in [-0.05, 0) is 44.0 Å². The Kier molecular flexibility index (Phi) is 8.76. The van der Waals surface area contributed by atoms with Gasteiger partial charge in [0.25, 0.3) is 5.91 Å². The number of nitrogens with one attached hydrogen (secondary N) is 1. The molecule has 172 valence electrons. The lowest BCUT2D eigenvalue weighted by atomic mass is 9.95. The molecule has 0 spiro atoms. The predicted molar refractivity (Wildman–Crippen MR) is 123 cm³/mol. The number of benzene rings is 2. The van der Waals surface area contributed by atoms with E-state index in [0.29, 0.717) is 16.3 Å². The Labute approximate surface area is 197 Å². The standard InChI is InChI=1S/C24H27Cl2FN2O3/c1-16(24(31)28-19-8-3-2-4-9-19)29(14-17-7-5-6-10-21(17)27)23(30)15-32-22-12-11-18(25)13-20(22)26/h5-7,10-13,16,19H,2-4,8-9,14-15H2,1H3,(H,28,31)/t16-/m1/s1. The van der Waals surface area contributed by atoms with Gasteiger partial charge in [0.05, 0.1) is 5.02 Å². The molecule has 0 saturated heterocycles. The Morgan fingerprint density at radius 1 is 1.16 bits per heavy atom. The summed E-state index contributed by atoms with van der Waals surface area (Å²) >= 11 is 12.0. The molecule has 0 heterocycles. The Morgan fingerprint density at radius 2 is 1.88 bits per heavy atom. The third-order valence-electron chi connectivity index (χ3n) is 5.66. The molecule has 1 fully saturated rings. The summed E-state index contributed by atoms with van der Waals surface area (Å²) in [7, 11) is 0. The number of amides is 2. The molecule has 1 aliphatic rings. The average molecular weight is 481 g/mol. The largest absolute Gasteiger partial charge is 0.482 e. The van der Waals surface area contributed by atoms with E-state index in [0.717, 1.165) is 25.7 Å². The second-order valence-corrected chi connectivity index (χ2v) is 8.84. The summed E-state index contributed by atoms with van der Waals surface area (Å²) in [6, 6.07) is 10.2. The van der Waals surface area contributed by atoms with Crippen LogP contribution in [0, 0.1) is 5.82 Å². The van der Waals surface area contributed by atoms with Crippen LogP contribution in [0.2, 0.25) is 10.0 Å². The smallest absolute Gasteiger partial charge is 0.261 e. The van der Waals surface area contributed by atoms with Gasteiger partial charge in [-0.2, -0.15) is 0 Å². The van der Waals surface area contributed by atoms with Crippen LogP contribution in [-0.4, -0.2) is 35.4 Å². The maximum atomic E-state index is 14.3. The summed E-state index contributed by atoms with van der Waals surface area (Å²) in [6.45, 7) is 1.24. The molecule has 3 rings (SSSR count). The first-order chi connectivity index (χ1) is 15.3. The summed E-state index contributed by atoms with van der Waals surface area (Å²) in [5.74, 6) is -0.849. The first-order valence-corrected chi connectivity index (χ1v) is 11.5. The molecule has 0 aliphatic heterocycles. The normalized spacial score (nSPS) is 15.1. The molecule has 8 heteroatoms. The summed E-state index contributed by atoms with van der Waals surface area (Å²) in [6.07, 6.45) is 5.18. The maximum Gasteiger partial charge on any atom is 0.261 e. The summed E-state index contributed by atoms with van der Waals surface area (Å²) < 4.78 is 19.9. The highest BCUT2D eigenvalue weighted by Gasteiger charge is 2.29. The van der Waals surface area contributed by atoms with Gasteiger partial charge < -0.3 is 15.0 Å². The molecule has 0 unspecified atom stereocenters. The summed E-state index contributed by atoms with van der Waals surface area (Å²) in [4.78, 5) is 27.3. The average Bonchev–Trinajstić information content (AvgIpc) is 2.78. The van der Waals surface area contributed by atoms with Crippen LogP contribution in [-0.2, 0) is 16.1 Å². The SMILES string of the molecule is C[C@H](C(=O)NC1CCCCC1)N(Cc1ccccc1F)C(=O)COc1ccc(Cl)cc1Cl. The van der Waals surface area contributed by atoms with Gasteiger partial charge in [-0.1, -0.05) is 60.7 Å². The minimum absolute atomic E-state index is 0.0531. The molecule has 5 nitrogen and oxygen atoms in total. The lowest BCUT2D eigenvalue weighted by Crippen LogP contribution is -2.51. The molecule has 2 amide bonds. The lowest BCUT2D eigenvalue weighted by Gasteiger charge is -2.31. The van der Waals surface area contributed by atoms with Crippen molar-refractivity contribution in [1.82, 2.24) is 10.2 Å². The van der Waals surface area contributed by atoms with Crippen LogP contribution < -0.4 is 10.1 Å². The van der Waals surface area contributed by atoms with Crippen molar-refractivity contribution in [1.29, 1.82) is 0 Å². The minimum atomic E-state index is -0.798. The number of nitrogens with zero attached hydrogens (tertiary/aromatic N) is 1. The predicted octanol–water partition coefficient (Wildman–Crippen LogP) is 5.38. The van der Waals surface area contributed by atoms with Crippen LogP contribution in [0.1, 0.15) is 44.6 Å². The van der Waals surface area contributed by atoms with Gasteiger partial charge in [0.2, 0.25) is 5.91 Å². The highest BCUT2D eigenvalue weighted by molar-refractivity contribution is 6.35. The molecule has 1 saturated carbocycles. The molecule has 1 atom stereocenters. The Balaban J connectivity index is 1.73. The first kappa shape index (κ1) is 24.3. The van der Waals surface area contributed by atoms with Crippen molar-refractivity contribution in [3.8, 4) is 5.75 Å². The van der Waals surface area contributed by atoms with Crippen molar-refractivity contribution in [2.45, 2.75) is 57.7 Å². The molecule has 2 aromatic rings. The number of hydrogen-bond acceptors (Lipinski definition) is 3. The van der Waals surface area contributed by atoms with Crippen molar-refractivity contribution in [3.63, 3.8) is 0 Å². The fourth-order valence-electron chi connectivity index (χ4n) is 3.78. The summed E-state index contributed by atoms with van der Waals surface area (Å²) in [5.41, 5.74) is 0.322. The molecule has 1 aliphatic carbocycles. The second-order valence-electron chi connectivity index (χ2n) is 8.00. The van der Waals surface area contributed by atoms with E-state index in [1.54, 1.807) is 37.3 Å². The van der Waals surface area contributed by atoms with Gasteiger partial charge in [0.15, 0.2) is 6.61 Å². The lowest BCUT2D eigenvalue weighted by molar-refractivity contribution is -0.142. The van der Waals surface area contributed by atoms with Gasteiger partial charge in [-0.25, -0.2) is 4.39 Å². The Morgan fingerprint density at radius 3 is 2.56 bits per heavy atom. The third kappa shape index (κ3) is 6.59. The van der Waals surface area contributed by atoms with Crippen LogP contribution in [0.15, 0.2) is 42.5 Å². The number of hydrogen-bond donors (Lipinski definition) is 1. The molecule has 0 bridgehead atoms. The fraction of sp³-hybridized carbons (Fsp3) is 0.417. The van der Waals surface area contributed by atoms with Crippen LogP contribution in [0.4, 0.5) is 4.39 Å². The molecular weight excluding hydrogens is 454 g/mol. The topological polar surface area (TPSA) is 58.6 Å². The van der Waals surface area contributed by atoms with Crippen LogP contribution in [0.5, 0.6) is 5.75 Å². The number of halogens is 3. The minimum Gasteiger partial charge on any atom is -0.482 e. The Bertz CT molecular complexity index is 951. The van der Waals surface area contributed by atoms with E-state index in [1.807, 2.05) is 0 Å². The number of ether oxygens (including phenoxy) is 1. The highest BCUT2D eigenvalue weighted by atomic mass is 35.5. The Hall–Kier alpha value is -2.31. The van der Waals surface area contributed by atoms with E-state index in [-0.39, 0.29) is 30.1 Å². The summed E-state index contributed by atoms with van der Waals surface area (Å²) in [5, 5.41) is 3.76. The van der Waals surface area contributed by atoms with Crippen molar-refractivity contribution in [2.24, 2.45) is 0 Å². The van der Waals surface area contributed by atoms with E-state index in [4.69, 9.17) is 27.9 Å². The molecule has 32 heavy (non-hydrogen) atoms. The highest BCUT2D eigenvalue weighted by Crippen LogP contribution is 2.27. The van der Waals surface area contributed by atoms with E-state index >= 15 is 0 Å². The molecule has 1 N–H and O–H groups in total. The molecular formula is C24H27Cl2FN2O3. The van der Waals surface area contributed by atoms with E-state index in [2.05, 4.69) is 5.32 Å². The fourth-order valence-corrected chi connectivity index (χ4v) is 4.24. The van der Waals surface area contributed by atoms with E-state index < -0.39 is 17.8 Å². The van der Waals surface area contributed by atoms with E-state index in [1.165, 1.54) is 23.5 Å². The third-order valence-corrected chi connectivity index (χ3v) is 6.19. The van der Waals surface area contributed by atoms with Crippen molar-refractivity contribution >= 4 is 35.0 Å².